The number of methoxy groups -OCH3 is 1. The van der Waals surface area contributed by atoms with Gasteiger partial charge in [0.1, 0.15) is 11.8 Å². The van der Waals surface area contributed by atoms with Crippen LogP contribution < -0.4 is 19.5 Å². The van der Waals surface area contributed by atoms with E-state index in [4.69, 9.17) is 14.2 Å². The minimum absolute atomic E-state index is 0.0855. The molecule has 0 aromatic heterocycles. The van der Waals surface area contributed by atoms with Crippen molar-refractivity contribution in [2.45, 2.75) is 46.2 Å². The third-order valence-corrected chi connectivity index (χ3v) is 5.40. The first kappa shape index (κ1) is 23.4. The van der Waals surface area contributed by atoms with Gasteiger partial charge in [0.05, 0.1) is 7.11 Å². The van der Waals surface area contributed by atoms with Crippen LogP contribution in [0.5, 0.6) is 17.2 Å². The Morgan fingerprint density at radius 1 is 1.06 bits per heavy atom. The van der Waals surface area contributed by atoms with Gasteiger partial charge in [0.25, 0.3) is 0 Å². The molecule has 0 aliphatic carbocycles. The van der Waals surface area contributed by atoms with Gasteiger partial charge in [-0.25, -0.2) is 0 Å². The standard InChI is InChI=1S/C25H32N2O5/c1-17(2)14-26-25(29)18(3)27(15-20-6-5-7-21(12-20)30-4)24(28)11-9-19-8-10-22-23(13-19)32-16-31-22/h5-8,10,12-13,17-18H,9,11,14-16H2,1-4H3,(H,26,29)/t18-/m0/s1. The molecule has 2 amide bonds. The summed E-state index contributed by atoms with van der Waals surface area (Å²) < 4.78 is 16.1. The molecule has 7 nitrogen and oxygen atoms in total. The minimum Gasteiger partial charge on any atom is -0.497 e. The highest BCUT2D eigenvalue weighted by Crippen LogP contribution is 2.32. The second-order valence-corrected chi connectivity index (χ2v) is 8.38. The summed E-state index contributed by atoms with van der Waals surface area (Å²) >= 11 is 0. The molecule has 0 radical (unpaired) electrons. The molecule has 0 unspecified atom stereocenters. The highest BCUT2D eigenvalue weighted by Gasteiger charge is 2.26. The number of hydrogen-bond donors (Lipinski definition) is 1. The first-order valence-electron chi connectivity index (χ1n) is 11.0. The lowest BCUT2D eigenvalue weighted by Crippen LogP contribution is -2.48. The molecule has 1 aliphatic rings. The Hall–Kier alpha value is -3.22. The summed E-state index contributed by atoms with van der Waals surface area (Å²) in [4.78, 5) is 27.6. The molecular formula is C25H32N2O5. The molecule has 0 saturated heterocycles. The van der Waals surface area contributed by atoms with Crippen LogP contribution in [0.25, 0.3) is 0 Å². The number of fused-ring (bicyclic) bond motifs is 1. The Morgan fingerprint density at radius 2 is 1.84 bits per heavy atom. The quantitative estimate of drug-likeness (QED) is 0.611. The first-order valence-corrected chi connectivity index (χ1v) is 11.0. The number of ether oxygens (including phenoxy) is 3. The number of aryl methyl sites for hydroxylation is 1. The Kier molecular flexibility index (Phi) is 7.98. The van der Waals surface area contributed by atoms with Crippen molar-refractivity contribution in [2.75, 3.05) is 20.4 Å². The lowest BCUT2D eigenvalue weighted by molar-refractivity contribution is -0.140. The van der Waals surface area contributed by atoms with Crippen molar-refractivity contribution in [2.24, 2.45) is 5.92 Å². The lowest BCUT2D eigenvalue weighted by atomic mass is 10.1. The number of carbonyl (C=O) groups is 2. The summed E-state index contributed by atoms with van der Waals surface area (Å²) in [5.41, 5.74) is 1.89. The third-order valence-electron chi connectivity index (χ3n) is 5.40. The average Bonchev–Trinajstić information content (AvgIpc) is 3.27. The molecule has 172 valence electrons. The van der Waals surface area contributed by atoms with Crippen LogP contribution in [0.15, 0.2) is 42.5 Å². The first-order chi connectivity index (χ1) is 15.4. The number of hydrogen-bond acceptors (Lipinski definition) is 5. The van der Waals surface area contributed by atoms with Crippen molar-refractivity contribution in [3.63, 3.8) is 0 Å². The van der Waals surface area contributed by atoms with Gasteiger partial charge in [-0.15, -0.1) is 0 Å². The maximum atomic E-state index is 13.3. The van der Waals surface area contributed by atoms with E-state index in [1.54, 1.807) is 18.9 Å². The van der Waals surface area contributed by atoms with E-state index in [0.717, 1.165) is 16.9 Å². The molecule has 2 aromatic rings. The zero-order chi connectivity index (χ0) is 23.1. The molecule has 1 heterocycles. The van der Waals surface area contributed by atoms with Crippen LogP contribution in [0.1, 0.15) is 38.3 Å². The van der Waals surface area contributed by atoms with Crippen LogP contribution in [-0.4, -0.2) is 43.2 Å². The van der Waals surface area contributed by atoms with E-state index in [0.29, 0.717) is 36.9 Å². The SMILES string of the molecule is COc1cccc(CN(C(=O)CCc2ccc3c(c2)OCO3)[C@@H](C)C(=O)NCC(C)C)c1. The van der Waals surface area contributed by atoms with Crippen LogP contribution in [-0.2, 0) is 22.6 Å². The van der Waals surface area contributed by atoms with Crippen molar-refractivity contribution in [3.8, 4) is 17.2 Å². The van der Waals surface area contributed by atoms with Crippen LogP contribution in [0, 0.1) is 5.92 Å². The van der Waals surface area contributed by atoms with E-state index >= 15 is 0 Å². The number of carbonyl (C=O) groups excluding carboxylic acids is 2. The van der Waals surface area contributed by atoms with Crippen molar-refractivity contribution in [1.29, 1.82) is 0 Å². The van der Waals surface area contributed by atoms with Gasteiger partial charge in [0, 0.05) is 19.5 Å². The number of nitrogens with one attached hydrogen (secondary N) is 1. The van der Waals surface area contributed by atoms with Gasteiger partial charge in [-0.1, -0.05) is 32.0 Å². The molecule has 1 atom stereocenters. The number of nitrogens with zero attached hydrogens (tertiary/aromatic N) is 1. The monoisotopic (exact) mass is 440 g/mol. The van der Waals surface area contributed by atoms with Gasteiger partial charge in [-0.3, -0.25) is 9.59 Å². The van der Waals surface area contributed by atoms with Crippen molar-refractivity contribution < 1.29 is 23.8 Å². The summed E-state index contributed by atoms with van der Waals surface area (Å²) in [6, 6.07) is 12.7. The minimum atomic E-state index is -0.593. The molecule has 32 heavy (non-hydrogen) atoms. The van der Waals surface area contributed by atoms with Crippen LogP contribution in [0.4, 0.5) is 0 Å². The van der Waals surface area contributed by atoms with E-state index in [9.17, 15) is 9.59 Å². The second-order valence-electron chi connectivity index (χ2n) is 8.38. The number of amides is 2. The molecule has 3 rings (SSSR count). The predicted octanol–water partition coefficient (Wildman–Crippen LogP) is 3.55. The number of rotatable bonds is 10. The molecule has 7 heteroatoms. The van der Waals surface area contributed by atoms with Crippen LogP contribution in [0.2, 0.25) is 0 Å². The molecule has 0 spiro atoms. The van der Waals surface area contributed by atoms with Crippen LogP contribution >= 0.6 is 0 Å². The van der Waals surface area contributed by atoms with E-state index in [1.807, 2.05) is 56.3 Å². The molecule has 0 bridgehead atoms. The zero-order valence-corrected chi connectivity index (χ0v) is 19.2. The van der Waals surface area contributed by atoms with Crippen molar-refractivity contribution in [3.05, 3.63) is 53.6 Å². The van der Waals surface area contributed by atoms with E-state index in [1.165, 1.54) is 0 Å². The maximum absolute atomic E-state index is 13.3. The van der Waals surface area contributed by atoms with E-state index in [2.05, 4.69) is 5.32 Å². The van der Waals surface area contributed by atoms with E-state index < -0.39 is 6.04 Å². The molecule has 1 N–H and O–H groups in total. The zero-order valence-electron chi connectivity index (χ0n) is 19.2. The molecule has 2 aromatic carbocycles. The van der Waals surface area contributed by atoms with Gasteiger partial charge in [-0.05, 0) is 54.7 Å². The fraction of sp³-hybridized carbons (Fsp3) is 0.440. The molecule has 0 saturated carbocycles. The Morgan fingerprint density at radius 3 is 2.59 bits per heavy atom. The summed E-state index contributed by atoms with van der Waals surface area (Å²) in [7, 11) is 1.61. The Bertz CT molecular complexity index is 944. The molecule has 0 fully saturated rings. The highest BCUT2D eigenvalue weighted by atomic mass is 16.7. The fourth-order valence-corrected chi connectivity index (χ4v) is 3.49. The molecule has 1 aliphatic heterocycles. The maximum Gasteiger partial charge on any atom is 0.242 e. The smallest absolute Gasteiger partial charge is 0.242 e. The van der Waals surface area contributed by atoms with Gasteiger partial charge < -0.3 is 24.4 Å². The highest BCUT2D eigenvalue weighted by molar-refractivity contribution is 5.87. The topological polar surface area (TPSA) is 77.1 Å². The lowest BCUT2D eigenvalue weighted by Gasteiger charge is -2.29. The van der Waals surface area contributed by atoms with Crippen molar-refractivity contribution >= 4 is 11.8 Å². The fourth-order valence-electron chi connectivity index (χ4n) is 3.49. The van der Waals surface area contributed by atoms with Gasteiger partial charge in [0.2, 0.25) is 18.6 Å². The summed E-state index contributed by atoms with van der Waals surface area (Å²) in [6.45, 7) is 6.96. The average molecular weight is 441 g/mol. The summed E-state index contributed by atoms with van der Waals surface area (Å²) in [5.74, 6) is 2.22. The molecular weight excluding hydrogens is 408 g/mol. The van der Waals surface area contributed by atoms with Crippen molar-refractivity contribution in [1.82, 2.24) is 10.2 Å². The van der Waals surface area contributed by atoms with Crippen LogP contribution in [0.3, 0.4) is 0 Å². The summed E-state index contributed by atoms with van der Waals surface area (Å²) in [6.07, 6.45) is 0.829. The summed E-state index contributed by atoms with van der Waals surface area (Å²) in [5, 5.41) is 2.94. The van der Waals surface area contributed by atoms with Gasteiger partial charge >= 0.3 is 0 Å². The Balaban J connectivity index is 1.72. The third kappa shape index (κ3) is 6.15. The van der Waals surface area contributed by atoms with Gasteiger partial charge in [-0.2, -0.15) is 0 Å². The normalized spacial score (nSPS) is 13.0. The van der Waals surface area contributed by atoms with Gasteiger partial charge in [0.15, 0.2) is 11.5 Å². The second kappa shape index (κ2) is 10.9. The predicted molar refractivity (Wildman–Crippen MR) is 122 cm³/mol. The largest absolute Gasteiger partial charge is 0.497 e. The Labute approximate surface area is 189 Å². The van der Waals surface area contributed by atoms with E-state index in [-0.39, 0.29) is 25.0 Å². The number of benzene rings is 2.